The average molecular weight is 261 g/mol. The van der Waals surface area contributed by atoms with Crippen molar-refractivity contribution in [2.24, 2.45) is 11.3 Å². The summed E-state index contributed by atoms with van der Waals surface area (Å²) in [5, 5.41) is 0. The van der Waals surface area contributed by atoms with E-state index in [0.717, 1.165) is 30.3 Å². The first-order chi connectivity index (χ1) is 9.13. The van der Waals surface area contributed by atoms with Crippen LogP contribution in [0.25, 0.3) is 0 Å². The molecule has 1 heterocycles. The molecule has 0 aromatic heterocycles. The standard InChI is InChI=1S/C17H24FN/c1-3-14-7-9-17(10-8-14)11-19(12-17)16-13(2)5-4-6-15(16)18/h4-6,14H,3,7-12H2,1-2H3. The van der Waals surface area contributed by atoms with Gasteiger partial charge in [0.2, 0.25) is 0 Å². The summed E-state index contributed by atoms with van der Waals surface area (Å²) in [6.45, 7) is 6.44. The zero-order valence-corrected chi connectivity index (χ0v) is 12.1. The molecule has 1 aromatic carbocycles. The Morgan fingerprint density at radius 2 is 1.95 bits per heavy atom. The summed E-state index contributed by atoms with van der Waals surface area (Å²) >= 11 is 0. The van der Waals surface area contributed by atoms with Crippen LogP contribution in [-0.2, 0) is 0 Å². The first-order valence-electron chi connectivity index (χ1n) is 7.64. The minimum atomic E-state index is -0.0582. The molecule has 1 saturated heterocycles. The zero-order valence-electron chi connectivity index (χ0n) is 12.1. The molecule has 0 atom stereocenters. The molecule has 2 fully saturated rings. The fraction of sp³-hybridized carbons (Fsp3) is 0.647. The predicted molar refractivity (Wildman–Crippen MR) is 78.0 cm³/mol. The Bertz CT molecular complexity index is 432. The molecule has 1 saturated carbocycles. The van der Waals surface area contributed by atoms with Crippen LogP contribution in [0.4, 0.5) is 10.1 Å². The third-order valence-electron chi connectivity index (χ3n) is 5.30. The van der Waals surface area contributed by atoms with Gasteiger partial charge >= 0.3 is 0 Å². The van der Waals surface area contributed by atoms with Gasteiger partial charge in [0, 0.05) is 18.5 Å². The number of nitrogens with zero attached hydrogens (tertiary/aromatic N) is 1. The van der Waals surface area contributed by atoms with Crippen LogP contribution in [0.1, 0.15) is 44.6 Å². The summed E-state index contributed by atoms with van der Waals surface area (Å²) in [6, 6.07) is 5.40. The Hall–Kier alpha value is -1.05. The van der Waals surface area contributed by atoms with Crippen molar-refractivity contribution in [3.05, 3.63) is 29.6 Å². The minimum Gasteiger partial charge on any atom is -0.368 e. The second kappa shape index (κ2) is 4.81. The van der Waals surface area contributed by atoms with Crippen LogP contribution in [-0.4, -0.2) is 13.1 Å². The molecule has 0 unspecified atom stereocenters. The van der Waals surface area contributed by atoms with E-state index in [9.17, 15) is 4.39 Å². The zero-order chi connectivity index (χ0) is 13.5. The SMILES string of the molecule is CCC1CCC2(CC1)CN(c1c(C)cccc1F)C2. The number of hydrogen-bond donors (Lipinski definition) is 0. The molecule has 104 valence electrons. The van der Waals surface area contributed by atoms with Crippen molar-refractivity contribution in [2.45, 2.75) is 46.0 Å². The molecule has 1 aliphatic carbocycles. The highest BCUT2D eigenvalue weighted by atomic mass is 19.1. The molecule has 1 spiro atoms. The van der Waals surface area contributed by atoms with Gasteiger partial charge in [-0.25, -0.2) is 4.39 Å². The van der Waals surface area contributed by atoms with Gasteiger partial charge < -0.3 is 4.90 Å². The second-order valence-electron chi connectivity index (χ2n) is 6.61. The van der Waals surface area contributed by atoms with Crippen molar-refractivity contribution in [3.63, 3.8) is 0 Å². The fourth-order valence-corrected chi connectivity index (χ4v) is 3.96. The second-order valence-corrected chi connectivity index (χ2v) is 6.61. The number of benzene rings is 1. The Labute approximate surface area is 115 Å². The van der Waals surface area contributed by atoms with Crippen LogP contribution in [0, 0.1) is 24.1 Å². The maximum atomic E-state index is 14.0. The molecule has 2 aliphatic rings. The van der Waals surface area contributed by atoms with Gasteiger partial charge in [0.1, 0.15) is 5.82 Å². The predicted octanol–water partition coefficient (Wildman–Crippen LogP) is 4.54. The monoisotopic (exact) mass is 261 g/mol. The van der Waals surface area contributed by atoms with Gasteiger partial charge in [0.15, 0.2) is 0 Å². The fourth-order valence-electron chi connectivity index (χ4n) is 3.96. The first kappa shape index (κ1) is 13.0. The molecular weight excluding hydrogens is 237 g/mol. The molecule has 19 heavy (non-hydrogen) atoms. The summed E-state index contributed by atoms with van der Waals surface area (Å²) in [5.74, 6) is 0.881. The summed E-state index contributed by atoms with van der Waals surface area (Å²) < 4.78 is 14.0. The van der Waals surface area contributed by atoms with E-state index in [1.165, 1.54) is 32.1 Å². The summed E-state index contributed by atoms with van der Waals surface area (Å²) in [7, 11) is 0. The molecule has 1 aromatic rings. The highest BCUT2D eigenvalue weighted by molar-refractivity contribution is 5.56. The van der Waals surface area contributed by atoms with Crippen molar-refractivity contribution in [3.8, 4) is 0 Å². The Kier molecular flexibility index (Phi) is 3.28. The van der Waals surface area contributed by atoms with E-state index in [4.69, 9.17) is 0 Å². The molecular formula is C17H24FN. The molecule has 0 N–H and O–H groups in total. The highest BCUT2D eigenvalue weighted by Gasteiger charge is 2.45. The highest BCUT2D eigenvalue weighted by Crippen LogP contribution is 2.48. The van der Waals surface area contributed by atoms with Gasteiger partial charge in [-0.2, -0.15) is 0 Å². The van der Waals surface area contributed by atoms with E-state index >= 15 is 0 Å². The molecule has 0 radical (unpaired) electrons. The summed E-state index contributed by atoms with van der Waals surface area (Å²) in [6.07, 6.45) is 6.76. The van der Waals surface area contributed by atoms with E-state index in [1.54, 1.807) is 12.1 Å². The van der Waals surface area contributed by atoms with E-state index < -0.39 is 0 Å². The van der Waals surface area contributed by atoms with Crippen LogP contribution in [0.15, 0.2) is 18.2 Å². The van der Waals surface area contributed by atoms with Gasteiger partial charge in [-0.3, -0.25) is 0 Å². The smallest absolute Gasteiger partial charge is 0.146 e. The molecule has 2 heteroatoms. The van der Waals surface area contributed by atoms with Gasteiger partial charge in [0.25, 0.3) is 0 Å². The Balaban J connectivity index is 1.67. The topological polar surface area (TPSA) is 3.24 Å². The third-order valence-corrected chi connectivity index (χ3v) is 5.30. The van der Waals surface area contributed by atoms with E-state index in [2.05, 4.69) is 11.8 Å². The lowest BCUT2D eigenvalue weighted by atomic mass is 9.65. The van der Waals surface area contributed by atoms with Gasteiger partial charge in [-0.05, 0) is 50.2 Å². The van der Waals surface area contributed by atoms with Crippen LogP contribution in [0.5, 0.6) is 0 Å². The van der Waals surface area contributed by atoms with Crippen LogP contribution >= 0.6 is 0 Å². The normalized spacial score (nSPS) is 22.6. The Morgan fingerprint density at radius 3 is 2.53 bits per heavy atom. The summed E-state index contributed by atoms with van der Waals surface area (Å²) in [5.41, 5.74) is 2.41. The van der Waals surface area contributed by atoms with E-state index in [-0.39, 0.29) is 5.82 Å². The van der Waals surface area contributed by atoms with Gasteiger partial charge in [0.05, 0.1) is 5.69 Å². The van der Waals surface area contributed by atoms with Crippen molar-refractivity contribution < 1.29 is 4.39 Å². The molecule has 0 bridgehead atoms. The van der Waals surface area contributed by atoms with E-state index in [0.29, 0.717) is 5.41 Å². The van der Waals surface area contributed by atoms with Crippen LogP contribution in [0.3, 0.4) is 0 Å². The average Bonchev–Trinajstić information content (AvgIpc) is 2.37. The van der Waals surface area contributed by atoms with Gasteiger partial charge in [-0.15, -0.1) is 0 Å². The lowest BCUT2D eigenvalue weighted by Gasteiger charge is -2.55. The van der Waals surface area contributed by atoms with Crippen molar-refractivity contribution in [1.82, 2.24) is 0 Å². The number of aryl methyl sites for hydroxylation is 1. The number of anilines is 1. The largest absolute Gasteiger partial charge is 0.368 e. The first-order valence-corrected chi connectivity index (χ1v) is 7.64. The number of hydrogen-bond acceptors (Lipinski definition) is 1. The maximum Gasteiger partial charge on any atom is 0.146 e. The van der Waals surface area contributed by atoms with Crippen LogP contribution in [0.2, 0.25) is 0 Å². The molecule has 1 nitrogen and oxygen atoms in total. The third kappa shape index (κ3) is 2.26. The quantitative estimate of drug-likeness (QED) is 0.755. The number of para-hydroxylation sites is 1. The lowest BCUT2D eigenvalue weighted by Crippen LogP contribution is -2.58. The molecule has 3 rings (SSSR count). The Morgan fingerprint density at radius 1 is 1.26 bits per heavy atom. The van der Waals surface area contributed by atoms with E-state index in [1.807, 2.05) is 13.0 Å². The number of halogens is 1. The van der Waals surface area contributed by atoms with Crippen LogP contribution < -0.4 is 4.90 Å². The molecule has 0 amide bonds. The molecule has 1 aliphatic heterocycles. The minimum absolute atomic E-state index is 0.0582. The maximum absolute atomic E-state index is 14.0. The van der Waals surface area contributed by atoms with Crippen molar-refractivity contribution >= 4 is 5.69 Å². The lowest BCUT2D eigenvalue weighted by molar-refractivity contribution is 0.107. The number of rotatable bonds is 2. The summed E-state index contributed by atoms with van der Waals surface area (Å²) in [4.78, 5) is 2.25. The van der Waals surface area contributed by atoms with Crippen molar-refractivity contribution in [1.29, 1.82) is 0 Å². The van der Waals surface area contributed by atoms with Gasteiger partial charge in [-0.1, -0.05) is 25.5 Å². The van der Waals surface area contributed by atoms with Crippen molar-refractivity contribution in [2.75, 3.05) is 18.0 Å².